The lowest BCUT2D eigenvalue weighted by atomic mass is 9.61. The van der Waals surface area contributed by atoms with Gasteiger partial charge in [0, 0.05) is 13.0 Å². The highest BCUT2D eigenvalue weighted by Gasteiger charge is 2.50. The van der Waals surface area contributed by atoms with Crippen molar-refractivity contribution in [3.05, 3.63) is 70.8 Å². The molecule has 1 aromatic rings. The number of allylic oxidation sites excluding steroid dienone is 3. The second-order valence-electron chi connectivity index (χ2n) is 12.4. The summed E-state index contributed by atoms with van der Waals surface area (Å²) in [6, 6.07) is 8.07. The fraction of sp³-hybridized carbons (Fsp3) is 0.625. The van der Waals surface area contributed by atoms with Crippen molar-refractivity contribution in [2.24, 2.45) is 23.2 Å². The molecule has 3 aliphatic rings. The van der Waals surface area contributed by atoms with E-state index >= 15 is 0 Å². The van der Waals surface area contributed by atoms with Crippen molar-refractivity contribution in [2.75, 3.05) is 6.61 Å². The minimum absolute atomic E-state index is 0.287. The first-order valence-corrected chi connectivity index (χ1v) is 13.8. The van der Waals surface area contributed by atoms with E-state index in [0.717, 1.165) is 35.3 Å². The highest BCUT2D eigenvalue weighted by Crippen LogP contribution is 2.59. The molecule has 6 atom stereocenters. The largest absolute Gasteiger partial charge is 0.393 e. The maximum Gasteiger partial charge on any atom is 0.0840 e. The highest BCUT2D eigenvalue weighted by molar-refractivity contribution is 5.38. The number of ether oxygens (including phenoxy) is 1. The quantitative estimate of drug-likeness (QED) is 0.422. The van der Waals surface area contributed by atoms with Gasteiger partial charge in [-0.05, 0) is 97.8 Å². The van der Waals surface area contributed by atoms with Crippen LogP contribution in [0.2, 0.25) is 0 Å². The Balaban J connectivity index is 1.39. The van der Waals surface area contributed by atoms with Gasteiger partial charge in [-0.3, -0.25) is 0 Å². The molecule has 4 rings (SSSR count). The van der Waals surface area contributed by atoms with Gasteiger partial charge in [-0.15, -0.1) is 0 Å². The number of aliphatic hydroxyl groups is 3. The van der Waals surface area contributed by atoms with Crippen LogP contribution in [0.4, 0.5) is 0 Å². The van der Waals surface area contributed by atoms with Crippen LogP contribution in [0, 0.1) is 23.2 Å². The van der Waals surface area contributed by atoms with Crippen molar-refractivity contribution in [3.8, 4) is 0 Å². The maximum atomic E-state index is 10.3. The Bertz CT molecular complexity index is 1000. The smallest absolute Gasteiger partial charge is 0.0840 e. The third-order valence-corrected chi connectivity index (χ3v) is 9.27. The third-order valence-electron chi connectivity index (χ3n) is 9.27. The molecule has 0 aliphatic heterocycles. The molecule has 0 spiro atoms. The Morgan fingerprint density at radius 2 is 2.00 bits per heavy atom. The number of aliphatic hydroxyl groups excluding tert-OH is 2. The molecular formula is C32H46O4. The van der Waals surface area contributed by atoms with Gasteiger partial charge in [0.15, 0.2) is 0 Å². The summed E-state index contributed by atoms with van der Waals surface area (Å²) in [4.78, 5) is 0. The highest BCUT2D eigenvalue weighted by atomic mass is 16.5. The molecule has 4 heteroatoms. The Kier molecular flexibility index (Phi) is 8.31. The van der Waals surface area contributed by atoms with E-state index in [1.165, 1.54) is 31.3 Å². The zero-order chi connectivity index (χ0) is 26.1. The van der Waals surface area contributed by atoms with E-state index < -0.39 is 17.8 Å². The van der Waals surface area contributed by atoms with Crippen molar-refractivity contribution in [3.63, 3.8) is 0 Å². The standard InChI is InChI=1S/C32H46O4/c1-21(19-36-20-23-8-6-10-26(16-23)31(3,4)35)28-13-14-29-24(9-7-15-32(28,29)5)11-12-25-17-27(33)18-30(34)22(25)2/h6,8,10-12,16,21,27-30,33-35H,2,7,9,13-15,17-20H2,1,3-5H3/b24-11+,25-12-/t21-,27+,28+,29+,30-,32+/m0/s1. The van der Waals surface area contributed by atoms with Crippen molar-refractivity contribution in [1.82, 2.24) is 0 Å². The van der Waals surface area contributed by atoms with Gasteiger partial charge >= 0.3 is 0 Å². The van der Waals surface area contributed by atoms with Crippen LogP contribution < -0.4 is 0 Å². The second kappa shape index (κ2) is 10.9. The average Bonchev–Trinajstić information content (AvgIpc) is 3.17. The topological polar surface area (TPSA) is 69.9 Å². The lowest BCUT2D eigenvalue weighted by Gasteiger charge is -2.44. The third kappa shape index (κ3) is 5.88. The number of hydrogen-bond donors (Lipinski definition) is 3. The molecule has 36 heavy (non-hydrogen) atoms. The molecule has 0 heterocycles. The molecule has 3 saturated carbocycles. The van der Waals surface area contributed by atoms with E-state index in [9.17, 15) is 15.3 Å². The van der Waals surface area contributed by atoms with Crippen LogP contribution in [0.1, 0.15) is 83.8 Å². The van der Waals surface area contributed by atoms with Crippen LogP contribution in [0.5, 0.6) is 0 Å². The van der Waals surface area contributed by atoms with Gasteiger partial charge in [0.25, 0.3) is 0 Å². The average molecular weight is 495 g/mol. The molecule has 0 saturated heterocycles. The first-order valence-electron chi connectivity index (χ1n) is 13.8. The summed E-state index contributed by atoms with van der Waals surface area (Å²) >= 11 is 0. The summed E-state index contributed by atoms with van der Waals surface area (Å²) in [5.41, 5.74) is 4.74. The van der Waals surface area contributed by atoms with E-state index in [4.69, 9.17) is 4.74 Å². The molecule has 3 N–H and O–H groups in total. The number of fused-ring (bicyclic) bond motifs is 1. The minimum atomic E-state index is -0.845. The van der Waals surface area contributed by atoms with E-state index in [1.807, 2.05) is 32.0 Å². The van der Waals surface area contributed by atoms with Crippen LogP contribution in [-0.4, -0.2) is 34.1 Å². The Labute approximate surface area is 217 Å². The van der Waals surface area contributed by atoms with E-state index in [0.29, 0.717) is 37.2 Å². The van der Waals surface area contributed by atoms with Crippen LogP contribution >= 0.6 is 0 Å². The molecule has 3 fully saturated rings. The predicted octanol–water partition coefficient (Wildman–Crippen LogP) is 6.21. The van der Waals surface area contributed by atoms with E-state index in [1.54, 1.807) is 0 Å². The summed E-state index contributed by atoms with van der Waals surface area (Å²) in [5.74, 6) is 1.71. The van der Waals surface area contributed by atoms with Gasteiger partial charge in [-0.25, -0.2) is 0 Å². The van der Waals surface area contributed by atoms with E-state index in [2.05, 4.69) is 38.6 Å². The van der Waals surface area contributed by atoms with Crippen molar-refractivity contribution in [2.45, 2.75) is 97.1 Å². The summed E-state index contributed by atoms with van der Waals surface area (Å²) in [5, 5.41) is 30.6. The summed E-state index contributed by atoms with van der Waals surface area (Å²) < 4.78 is 6.21. The Morgan fingerprint density at radius 3 is 2.75 bits per heavy atom. The molecular weight excluding hydrogens is 448 g/mol. The number of benzene rings is 1. The van der Waals surface area contributed by atoms with Crippen molar-refractivity contribution < 1.29 is 20.1 Å². The van der Waals surface area contributed by atoms with Crippen LogP contribution in [0.3, 0.4) is 0 Å². The van der Waals surface area contributed by atoms with Gasteiger partial charge < -0.3 is 20.1 Å². The van der Waals surface area contributed by atoms with Gasteiger partial charge in [-0.1, -0.05) is 62.4 Å². The van der Waals surface area contributed by atoms with Gasteiger partial charge in [0.1, 0.15) is 0 Å². The zero-order valence-electron chi connectivity index (χ0n) is 22.7. The maximum absolute atomic E-state index is 10.3. The molecule has 4 nitrogen and oxygen atoms in total. The molecule has 3 aliphatic carbocycles. The summed E-state index contributed by atoms with van der Waals surface area (Å²) in [6.07, 6.45) is 10.3. The molecule has 0 aromatic heterocycles. The first-order chi connectivity index (χ1) is 17.0. The Morgan fingerprint density at radius 1 is 1.22 bits per heavy atom. The van der Waals surface area contributed by atoms with E-state index in [-0.39, 0.29) is 5.41 Å². The predicted molar refractivity (Wildman–Crippen MR) is 145 cm³/mol. The molecule has 0 unspecified atom stereocenters. The van der Waals surface area contributed by atoms with Crippen LogP contribution in [-0.2, 0) is 16.9 Å². The van der Waals surface area contributed by atoms with Gasteiger partial charge in [0.2, 0.25) is 0 Å². The zero-order valence-corrected chi connectivity index (χ0v) is 22.7. The van der Waals surface area contributed by atoms with Crippen molar-refractivity contribution >= 4 is 0 Å². The monoisotopic (exact) mass is 494 g/mol. The van der Waals surface area contributed by atoms with Crippen LogP contribution in [0.25, 0.3) is 0 Å². The SMILES string of the molecule is C=C1/C(=C\C=C2/CCC[C@@]3(C)[C@@H]2CC[C@@H]3[C@@H](C)COCc2cccc(C(C)(C)O)c2)C[C@@H](O)C[C@@H]1O. The molecule has 0 bridgehead atoms. The fourth-order valence-corrected chi connectivity index (χ4v) is 7.20. The molecule has 0 amide bonds. The second-order valence-corrected chi connectivity index (χ2v) is 12.4. The molecule has 198 valence electrons. The molecule has 0 radical (unpaired) electrons. The summed E-state index contributed by atoms with van der Waals surface area (Å²) in [7, 11) is 0. The van der Waals surface area contributed by atoms with Gasteiger partial charge in [0.05, 0.1) is 24.4 Å². The minimum Gasteiger partial charge on any atom is -0.393 e. The number of rotatable bonds is 7. The summed E-state index contributed by atoms with van der Waals surface area (Å²) in [6.45, 7) is 13.9. The number of hydrogen-bond acceptors (Lipinski definition) is 4. The lowest BCUT2D eigenvalue weighted by Crippen LogP contribution is -2.37. The van der Waals surface area contributed by atoms with Gasteiger partial charge in [-0.2, -0.15) is 0 Å². The van der Waals surface area contributed by atoms with Crippen LogP contribution in [0.15, 0.2) is 59.7 Å². The molecule has 1 aromatic carbocycles. The fourth-order valence-electron chi connectivity index (χ4n) is 7.20. The lowest BCUT2D eigenvalue weighted by molar-refractivity contribution is 0.0275. The Hall–Kier alpha value is -1.72. The normalized spacial score (nSPS) is 34.2. The first kappa shape index (κ1) is 27.3. The van der Waals surface area contributed by atoms with Crippen molar-refractivity contribution in [1.29, 1.82) is 0 Å².